The molecule has 5 nitrogen and oxygen atoms in total. The van der Waals surface area contributed by atoms with Crippen LogP contribution < -0.4 is 5.73 Å². The molecule has 0 bridgehead atoms. The van der Waals surface area contributed by atoms with Gasteiger partial charge in [-0.3, -0.25) is 4.79 Å². The molecule has 0 unspecified atom stereocenters. The molecule has 20 heavy (non-hydrogen) atoms. The van der Waals surface area contributed by atoms with Gasteiger partial charge in [-0.2, -0.15) is 0 Å². The molecule has 1 heterocycles. The third-order valence-electron chi connectivity index (χ3n) is 3.63. The number of amides is 3. The lowest BCUT2D eigenvalue weighted by Gasteiger charge is -2.20. The molecule has 1 aliphatic heterocycles. The van der Waals surface area contributed by atoms with Gasteiger partial charge in [0.1, 0.15) is 6.54 Å². The number of likely N-dealkylation sites (tertiary alicyclic amines) is 1. The van der Waals surface area contributed by atoms with E-state index in [1.54, 1.807) is 4.90 Å². The van der Waals surface area contributed by atoms with Gasteiger partial charge in [0.15, 0.2) is 0 Å². The Bertz CT molecular complexity index is 521. The Morgan fingerprint density at radius 3 is 2.80 bits per heavy atom. The number of rotatable bonds is 3. The van der Waals surface area contributed by atoms with Crippen molar-refractivity contribution in [3.63, 3.8) is 0 Å². The largest absolute Gasteiger partial charge is 0.351 e. The summed E-state index contributed by atoms with van der Waals surface area (Å²) in [6, 6.07) is 7.11. The lowest BCUT2D eigenvalue weighted by Crippen LogP contribution is -2.42. The summed E-state index contributed by atoms with van der Waals surface area (Å²) in [5.74, 6) is 0.174. The van der Waals surface area contributed by atoms with Crippen molar-refractivity contribution < 1.29 is 9.59 Å². The maximum Gasteiger partial charge on any atom is 0.314 e. The molecular weight excluding hydrogens is 278 g/mol. The van der Waals surface area contributed by atoms with Crippen molar-refractivity contribution in [3.05, 3.63) is 34.9 Å². The lowest BCUT2D eigenvalue weighted by atomic mass is 9.98. The van der Waals surface area contributed by atoms with Crippen LogP contribution in [0.15, 0.2) is 24.3 Å². The Balaban J connectivity index is 1.97. The van der Waals surface area contributed by atoms with E-state index in [1.165, 1.54) is 11.9 Å². The minimum Gasteiger partial charge on any atom is -0.351 e. The molecule has 0 aliphatic carbocycles. The summed E-state index contributed by atoms with van der Waals surface area (Å²) in [5.41, 5.74) is 6.20. The maximum absolute atomic E-state index is 12.1. The van der Waals surface area contributed by atoms with Crippen LogP contribution in [0.3, 0.4) is 0 Å². The Hall–Kier alpha value is -1.75. The van der Waals surface area contributed by atoms with Gasteiger partial charge >= 0.3 is 6.03 Å². The van der Waals surface area contributed by atoms with Crippen LogP contribution in [0.2, 0.25) is 5.02 Å². The van der Waals surface area contributed by atoms with Gasteiger partial charge in [0.25, 0.3) is 0 Å². The number of hydrogen-bond acceptors (Lipinski definition) is 2. The average molecular weight is 296 g/mol. The number of halogens is 1. The third kappa shape index (κ3) is 3.22. The number of nitrogens with zero attached hydrogens (tertiary/aromatic N) is 2. The molecule has 3 amide bonds. The number of primary amides is 1. The van der Waals surface area contributed by atoms with E-state index in [9.17, 15) is 9.59 Å². The van der Waals surface area contributed by atoms with Crippen LogP contribution in [-0.4, -0.2) is 48.4 Å². The number of likely N-dealkylation sites (N-methyl/N-ethyl adjacent to an activating group) is 1. The number of nitrogens with two attached hydrogens (primary N) is 1. The van der Waals surface area contributed by atoms with Crippen LogP contribution in [0.1, 0.15) is 17.9 Å². The zero-order chi connectivity index (χ0) is 14.7. The first-order chi connectivity index (χ1) is 9.49. The molecule has 108 valence electrons. The van der Waals surface area contributed by atoms with Gasteiger partial charge in [0.05, 0.1) is 0 Å². The first-order valence-corrected chi connectivity index (χ1v) is 6.89. The molecule has 6 heteroatoms. The summed E-state index contributed by atoms with van der Waals surface area (Å²) >= 11 is 6.18. The van der Waals surface area contributed by atoms with E-state index in [4.69, 9.17) is 17.3 Å². The highest BCUT2D eigenvalue weighted by Gasteiger charge is 2.29. The average Bonchev–Trinajstić information content (AvgIpc) is 2.88. The van der Waals surface area contributed by atoms with Crippen molar-refractivity contribution >= 4 is 23.5 Å². The Kier molecular flexibility index (Phi) is 4.49. The molecule has 2 rings (SSSR count). The van der Waals surface area contributed by atoms with E-state index in [0.717, 1.165) is 17.0 Å². The molecule has 1 saturated heterocycles. The summed E-state index contributed by atoms with van der Waals surface area (Å²) in [4.78, 5) is 26.0. The maximum atomic E-state index is 12.1. The van der Waals surface area contributed by atoms with Crippen molar-refractivity contribution in [2.45, 2.75) is 12.3 Å². The number of carbonyl (C=O) groups excluding carboxylic acids is 2. The van der Waals surface area contributed by atoms with Crippen LogP contribution in [0, 0.1) is 0 Å². The van der Waals surface area contributed by atoms with Crippen molar-refractivity contribution in [3.8, 4) is 0 Å². The van der Waals surface area contributed by atoms with E-state index >= 15 is 0 Å². The molecule has 0 aromatic heterocycles. The van der Waals surface area contributed by atoms with Gasteiger partial charge in [-0.25, -0.2) is 4.79 Å². The van der Waals surface area contributed by atoms with Gasteiger partial charge < -0.3 is 15.5 Å². The quantitative estimate of drug-likeness (QED) is 0.921. The second-order valence-corrected chi connectivity index (χ2v) is 5.45. The lowest BCUT2D eigenvalue weighted by molar-refractivity contribution is -0.130. The van der Waals surface area contributed by atoms with Gasteiger partial charge in [-0.05, 0) is 18.1 Å². The summed E-state index contributed by atoms with van der Waals surface area (Å²) < 4.78 is 0. The minimum absolute atomic E-state index is 0.0184. The van der Waals surface area contributed by atoms with Gasteiger partial charge in [-0.15, -0.1) is 0 Å². The van der Waals surface area contributed by atoms with Gasteiger partial charge in [-0.1, -0.05) is 29.8 Å². The normalized spacial score (nSPS) is 18.1. The number of benzene rings is 1. The molecule has 0 saturated carbocycles. The van der Waals surface area contributed by atoms with Crippen LogP contribution in [0.4, 0.5) is 4.79 Å². The molecule has 1 fully saturated rings. The molecule has 1 aromatic carbocycles. The van der Waals surface area contributed by atoms with Crippen LogP contribution >= 0.6 is 11.6 Å². The van der Waals surface area contributed by atoms with Gasteiger partial charge in [0.2, 0.25) is 5.91 Å². The van der Waals surface area contributed by atoms with Gasteiger partial charge in [0, 0.05) is 31.1 Å². The highest BCUT2D eigenvalue weighted by atomic mass is 35.5. The highest BCUT2D eigenvalue weighted by molar-refractivity contribution is 6.31. The zero-order valence-electron chi connectivity index (χ0n) is 11.4. The highest BCUT2D eigenvalue weighted by Crippen LogP contribution is 2.31. The Labute approximate surface area is 123 Å². The third-order valence-corrected chi connectivity index (χ3v) is 3.98. The predicted octanol–water partition coefficient (Wildman–Crippen LogP) is 1.67. The molecule has 0 radical (unpaired) electrons. The van der Waals surface area contributed by atoms with Crippen LogP contribution in [0.25, 0.3) is 0 Å². The topological polar surface area (TPSA) is 66.6 Å². The molecule has 0 spiro atoms. The smallest absolute Gasteiger partial charge is 0.314 e. The van der Waals surface area contributed by atoms with Crippen molar-refractivity contribution in [1.29, 1.82) is 0 Å². The first-order valence-electron chi connectivity index (χ1n) is 6.52. The van der Waals surface area contributed by atoms with Crippen LogP contribution in [0.5, 0.6) is 0 Å². The monoisotopic (exact) mass is 295 g/mol. The van der Waals surface area contributed by atoms with Crippen molar-refractivity contribution in [2.75, 3.05) is 26.7 Å². The van der Waals surface area contributed by atoms with Crippen molar-refractivity contribution in [2.24, 2.45) is 5.73 Å². The molecule has 1 aromatic rings. The Morgan fingerprint density at radius 1 is 1.45 bits per heavy atom. The molecule has 2 N–H and O–H groups in total. The predicted molar refractivity (Wildman–Crippen MR) is 77.6 cm³/mol. The second-order valence-electron chi connectivity index (χ2n) is 5.04. The van der Waals surface area contributed by atoms with Crippen molar-refractivity contribution in [1.82, 2.24) is 9.80 Å². The van der Waals surface area contributed by atoms with Crippen LogP contribution in [-0.2, 0) is 4.79 Å². The zero-order valence-corrected chi connectivity index (χ0v) is 12.1. The Morgan fingerprint density at radius 2 is 2.15 bits per heavy atom. The van der Waals surface area contributed by atoms with E-state index in [1.807, 2.05) is 24.3 Å². The SMILES string of the molecule is CN(CC(=O)N1CC[C@@H](c2ccccc2Cl)C1)C(N)=O. The molecule has 1 aliphatic rings. The second kappa shape index (κ2) is 6.13. The van der Waals surface area contributed by atoms with E-state index in [-0.39, 0.29) is 18.4 Å². The summed E-state index contributed by atoms with van der Waals surface area (Å²) in [7, 11) is 1.52. The fourth-order valence-corrected chi connectivity index (χ4v) is 2.72. The fraction of sp³-hybridized carbons (Fsp3) is 0.429. The first kappa shape index (κ1) is 14.7. The number of carbonyl (C=O) groups is 2. The minimum atomic E-state index is -0.597. The summed E-state index contributed by atoms with van der Waals surface area (Å²) in [5, 5.41) is 0.737. The number of hydrogen-bond donors (Lipinski definition) is 1. The fourth-order valence-electron chi connectivity index (χ4n) is 2.43. The number of urea groups is 1. The summed E-state index contributed by atoms with van der Waals surface area (Å²) in [6.45, 7) is 1.33. The van der Waals surface area contributed by atoms with E-state index in [2.05, 4.69) is 0 Å². The standard InChI is InChI=1S/C14H18ClN3O2/c1-17(14(16)20)9-13(19)18-7-6-10(8-18)11-4-2-3-5-12(11)15/h2-5,10H,6-9H2,1H3,(H2,16,20)/t10-/m1/s1. The summed E-state index contributed by atoms with van der Waals surface area (Å²) in [6.07, 6.45) is 0.885. The molecule has 1 atom stereocenters. The molecular formula is C14H18ClN3O2. The van der Waals surface area contributed by atoms with E-state index in [0.29, 0.717) is 13.1 Å². The van der Waals surface area contributed by atoms with E-state index < -0.39 is 6.03 Å².